The lowest BCUT2D eigenvalue weighted by atomic mass is 10.0. The van der Waals surface area contributed by atoms with Gasteiger partial charge in [-0.05, 0) is 42.3 Å². The van der Waals surface area contributed by atoms with Gasteiger partial charge in [0.1, 0.15) is 11.6 Å². The van der Waals surface area contributed by atoms with Crippen LogP contribution in [0.15, 0.2) is 36.4 Å². The van der Waals surface area contributed by atoms with Crippen LogP contribution in [0.2, 0.25) is 0 Å². The van der Waals surface area contributed by atoms with E-state index >= 15 is 0 Å². The molecule has 0 radical (unpaired) electrons. The number of amides is 1. The van der Waals surface area contributed by atoms with E-state index in [0.717, 1.165) is 5.56 Å². The van der Waals surface area contributed by atoms with E-state index in [0.29, 0.717) is 11.1 Å². The van der Waals surface area contributed by atoms with Gasteiger partial charge >= 0.3 is 0 Å². The van der Waals surface area contributed by atoms with Crippen molar-refractivity contribution in [2.75, 3.05) is 0 Å². The number of phenols is 1. The number of hydrogen-bond donors (Lipinski definition) is 2. The fourth-order valence-electron chi connectivity index (χ4n) is 1.76. The van der Waals surface area contributed by atoms with Crippen molar-refractivity contribution >= 4 is 5.91 Å². The molecule has 0 unspecified atom stereocenters. The largest absolute Gasteiger partial charge is 0.508 e. The van der Waals surface area contributed by atoms with Gasteiger partial charge in [0, 0.05) is 11.1 Å². The topological polar surface area (TPSA) is 63.3 Å². The van der Waals surface area contributed by atoms with Crippen LogP contribution in [0.5, 0.6) is 5.75 Å². The zero-order valence-corrected chi connectivity index (χ0v) is 9.77. The minimum absolute atomic E-state index is 0.124. The first-order chi connectivity index (χ1) is 8.47. The van der Waals surface area contributed by atoms with Crippen molar-refractivity contribution in [3.63, 3.8) is 0 Å². The van der Waals surface area contributed by atoms with Gasteiger partial charge in [-0.2, -0.15) is 0 Å². The smallest absolute Gasteiger partial charge is 0.248 e. The lowest BCUT2D eigenvalue weighted by Gasteiger charge is -2.07. The number of benzene rings is 2. The molecule has 2 aromatic carbocycles. The summed E-state index contributed by atoms with van der Waals surface area (Å²) in [6.07, 6.45) is 0. The van der Waals surface area contributed by atoms with Crippen LogP contribution < -0.4 is 5.73 Å². The maximum atomic E-state index is 13.8. The molecule has 18 heavy (non-hydrogen) atoms. The second kappa shape index (κ2) is 4.49. The van der Waals surface area contributed by atoms with E-state index in [2.05, 4.69) is 0 Å². The first-order valence-electron chi connectivity index (χ1n) is 5.38. The van der Waals surface area contributed by atoms with E-state index in [1.54, 1.807) is 19.1 Å². The van der Waals surface area contributed by atoms with Gasteiger partial charge in [0.15, 0.2) is 0 Å². The van der Waals surface area contributed by atoms with Crippen molar-refractivity contribution in [3.8, 4) is 16.9 Å². The molecular formula is C14H12FNO2. The highest BCUT2D eigenvalue weighted by atomic mass is 19.1. The van der Waals surface area contributed by atoms with Crippen LogP contribution in [-0.2, 0) is 0 Å². The predicted molar refractivity (Wildman–Crippen MR) is 66.8 cm³/mol. The molecule has 0 aliphatic heterocycles. The van der Waals surface area contributed by atoms with Crippen molar-refractivity contribution in [3.05, 3.63) is 53.3 Å². The predicted octanol–water partition coefficient (Wildman–Crippen LogP) is 2.61. The monoisotopic (exact) mass is 245 g/mol. The molecule has 3 nitrogen and oxygen atoms in total. The summed E-state index contributed by atoms with van der Waals surface area (Å²) in [7, 11) is 0. The number of primary amides is 1. The van der Waals surface area contributed by atoms with Gasteiger partial charge in [-0.3, -0.25) is 4.79 Å². The standard InChI is InChI=1S/C14H12FNO2/c1-8-2-3-12(13(15)4-8)9-5-10(14(16)18)7-11(17)6-9/h2-7,17H,1H3,(H2,16,18). The molecule has 0 saturated heterocycles. The zero-order chi connectivity index (χ0) is 13.3. The summed E-state index contributed by atoms with van der Waals surface area (Å²) in [5.41, 5.74) is 6.83. The second-order valence-electron chi connectivity index (χ2n) is 4.12. The molecule has 0 bridgehead atoms. The van der Waals surface area contributed by atoms with Gasteiger partial charge in [-0.1, -0.05) is 12.1 Å². The average Bonchev–Trinajstić information content (AvgIpc) is 2.27. The molecule has 0 aromatic heterocycles. The molecular weight excluding hydrogens is 233 g/mol. The molecule has 0 fully saturated rings. The normalized spacial score (nSPS) is 10.3. The van der Waals surface area contributed by atoms with Crippen LogP contribution >= 0.6 is 0 Å². The van der Waals surface area contributed by atoms with Crippen LogP contribution in [0.25, 0.3) is 11.1 Å². The molecule has 0 spiro atoms. The van der Waals surface area contributed by atoms with E-state index in [1.165, 1.54) is 24.3 Å². The summed E-state index contributed by atoms with van der Waals surface area (Å²) in [5.74, 6) is -1.20. The molecule has 1 amide bonds. The Bertz CT molecular complexity index is 623. The lowest BCUT2D eigenvalue weighted by molar-refractivity contribution is 0.1000. The first kappa shape index (κ1) is 12.1. The van der Waals surface area contributed by atoms with Crippen molar-refractivity contribution < 1.29 is 14.3 Å². The van der Waals surface area contributed by atoms with Gasteiger partial charge < -0.3 is 10.8 Å². The van der Waals surface area contributed by atoms with Crippen LogP contribution in [0.4, 0.5) is 4.39 Å². The fourth-order valence-corrected chi connectivity index (χ4v) is 1.76. The Morgan fingerprint density at radius 3 is 2.56 bits per heavy atom. The minimum atomic E-state index is -0.667. The van der Waals surface area contributed by atoms with Crippen molar-refractivity contribution in [1.29, 1.82) is 0 Å². The highest BCUT2D eigenvalue weighted by Crippen LogP contribution is 2.28. The van der Waals surface area contributed by atoms with Crippen LogP contribution in [0.1, 0.15) is 15.9 Å². The fraction of sp³-hybridized carbons (Fsp3) is 0.0714. The molecule has 92 valence electrons. The first-order valence-corrected chi connectivity index (χ1v) is 5.38. The molecule has 2 aromatic rings. The van der Waals surface area contributed by atoms with E-state index in [9.17, 15) is 14.3 Å². The van der Waals surface area contributed by atoms with Gasteiger partial charge in [-0.25, -0.2) is 4.39 Å². The number of aromatic hydroxyl groups is 1. The molecule has 0 aliphatic carbocycles. The van der Waals surface area contributed by atoms with Gasteiger partial charge in [0.2, 0.25) is 5.91 Å². The van der Waals surface area contributed by atoms with E-state index in [4.69, 9.17) is 5.73 Å². The van der Waals surface area contributed by atoms with E-state index in [-0.39, 0.29) is 11.3 Å². The maximum absolute atomic E-state index is 13.8. The van der Waals surface area contributed by atoms with Crippen molar-refractivity contribution in [2.45, 2.75) is 6.92 Å². The SMILES string of the molecule is Cc1ccc(-c2cc(O)cc(C(N)=O)c2)c(F)c1. The number of carbonyl (C=O) groups excluding carboxylic acids is 1. The van der Waals surface area contributed by atoms with Crippen molar-refractivity contribution in [2.24, 2.45) is 5.73 Å². The third kappa shape index (κ3) is 2.32. The maximum Gasteiger partial charge on any atom is 0.248 e. The van der Waals surface area contributed by atoms with E-state index < -0.39 is 11.7 Å². The van der Waals surface area contributed by atoms with Gasteiger partial charge in [0.25, 0.3) is 0 Å². The Labute approximate surface area is 104 Å². The molecule has 2 rings (SSSR count). The zero-order valence-electron chi connectivity index (χ0n) is 9.77. The lowest BCUT2D eigenvalue weighted by Crippen LogP contribution is -2.10. The Kier molecular flexibility index (Phi) is 3.02. The summed E-state index contributed by atoms with van der Waals surface area (Å²) in [6.45, 7) is 1.78. The number of carbonyl (C=O) groups is 1. The Morgan fingerprint density at radius 2 is 1.94 bits per heavy atom. The third-order valence-electron chi connectivity index (χ3n) is 2.64. The molecule has 0 atom stereocenters. The highest BCUT2D eigenvalue weighted by molar-refractivity contribution is 5.94. The quantitative estimate of drug-likeness (QED) is 0.854. The average molecular weight is 245 g/mol. The molecule has 4 heteroatoms. The minimum Gasteiger partial charge on any atom is -0.508 e. The molecule has 0 aliphatic rings. The molecule has 3 N–H and O–H groups in total. The van der Waals surface area contributed by atoms with Gasteiger partial charge in [0.05, 0.1) is 0 Å². The van der Waals surface area contributed by atoms with Crippen LogP contribution in [-0.4, -0.2) is 11.0 Å². The van der Waals surface area contributed by atoms with Crippen molar-refractivity contribution in [1.82, 2.24) is 0 Å². The highest BCUT2D eigenvalue weighted by Gasteiger charge is 2.10. The van der Waals surface area contributed by atoms with Gasteiger partial charge in [-0.15, -0.1) is 0 Å². The Hall–Kier alpha value is -2.36. The molecule has 0 heterocycles. The summed E-state index contributed by atoms with van der Waals surface area (Å²) < 4.78 is 13.8. The Balaban J connectivity index is 2.60. The van der Waals surface area contributed by atoms with E-state index in [1.807, 2.05) is 0 Å². The summed E-state index contributed by atoms with van der Waals surface area (Å²) >= 11 is 0. The number of phenolic OH excluding ortho intramolecular Hbond substituents is 1. The third-order valence-corrected chi connectivity index (χ3v) is 2.64. The van der Waals surface area contributed by atoms with Crippen LogP contribution in [0.3, 0.4) is 0 Å². The summed E-state index contributed by atoms with van der Waals surface area (Å²) in [6, 6.07) is 8.84. The Morgan fingerprint density at radius 1 is 1.22 bits per heavy atom. The summed E-state index contributed by atoms with van der Waals surface area (Å²) in [4.78, 5) is 11.1. The number of halogens is 1. The summed E-state index contributed by atoms with van der Waals surface area (Å²) in [5, 5.41) is 9.52. The number of aryl methyl sites for hydroxylation is 1. The second-order valence-corrected chi connectivity index (χ2v) is 4.12. The number of rotatable bonds is 2. The number of hydrogen-bond acceptors (Lipinski definition) is 2. The number of nitrogens with two attached hydrogens (primary N) is 1. The molecule has 0 saturated carbocycles. The van der Waals surface area contributed by atoms with Crippen LogP contribution in [0, 0.1) is 12.7 Å².